The van der Waals surface area contributed by atoms with Crippen molar-refractivity contribution in [1.82, 2.24) is 4.98 Å². The molecule has 19 heavy (non-hydrogen) atoms. The molecule has 0 aliphatic carbocycles. The van der Waals surface area contributed by atoms with Crippen LogP contribution >= 0.6 is 0 Å². The second-order valence-electron chi connectivity index (χ2n) is 4.13. The molecule has 0 aliphatic heterocycles. The first-order valence-corrected chi connectivity index (χ1v) is 6.16. The first-order chi connectivity index (χ1) is 9.19. The van der Waals surface area contributed by atoms with E-state index < -0.39 is 4.92 Å². The number of nitro groups is 1. The lowest BCUT2D eigenvalue weighted by atomic mass is 10.1. The van der Waals surface area contributed by atoms with Gasteiger partial charge in [-0.05, 0) is 25.1 Å². The van der Waals surface area contributed by atoms with E-state index in [9.17, 15) is 10.1 Å². The molecule has 0 amide bonds. The fourth-order valence-corrected chi connectivity index (χ4v) is 2.17. The fraction of sp³-hybridized carbons (Fsp3) is 0.308. The molecule has 1 heterocycles. The molecule has 1 aromatic carbocycles. The lowest BCUT2D eigenvalue weighted by Gasteiger charge is -2.23. The Balaban J connectivity index is 2.64. The summed E-state index contributed by atoms with van der Waals surface area (Å²) in [7, 11) is 0. The van der Waals surface area contributed by atoms with E-state index in [1.54, 1.807) is 18.3 Å². The van der Waals surface area contributed by atoms with E-state index in [0.717, 1.165) is 17.6 Å². The lowest BCUT2D eigenvalue weighted by molar-refractivity contribution is -0.383. The highest BCUT2D eigenvalue weighted by atomic mass is 16.6. The van der Waals surface area contributed by atoms with Crippen molar-refractivity contribution < 1.29 is 4.92 Å². The van der Waals surface area contributed by atoms with Crippen molar-refractivity contribution in [2.24, 2.45) is 5.73 Å². The molecule has 0 saturated heterocycles. The van der Waals surface area contributed by atoms with Crippen LogP contribution in [0.5, 0.6) is 0 Å². The van der Waals surface area contributed by atoms with Gasteiger partial charge in [-0.25, -0.2) is 4.98 Å². The largest absolute Gasteiger partial charge is 0.370 e. The summed E-state index contributed by atoms with van der Waals surface area (Å²) in [6.07, 6.45) is 1.57. The maximum atomic E-state index is 11.0. The van der Waals surface area contributed by atoms with Crippen molar-refractivity contribution in [2.75, 3.05) is 24.5 Å². The van der Waals surface area contributed by atoms with Crippen LogP contribution < -0.4 is 10.6 Å². The highest BCUT2D eigenvalue weighted by Crippen LogP contribution is 2.31. The molecule has 0 aliphatic rings. The van der Waals surface area contributed by atoms with Gasteiger partial charge in [-0.1, -0.05) is 0 Å². The molecule has 0 spiro atoms. The molecule has 6 nitrogen and oxygen atoms in total. The van der Waals surface area contributed by atoms with Crippen molar-refractivity contribution in [1.29, 1.82) is 0 Å². The van der Waals surface area contributed by atoms with Crippen LogP contribution in [0.25, 0.3) is 10.9 Å². The number of nitrogens with zero attached hydrogens (tertiary/aromatic N) is 3. The zero-order chi connectivity index (χ0) is 13.8. The standard InChI is InChI=1S/C13H16N4O2/c1-2-16(9-7-14)11-5-6-12(17(18)19)13-10(11)4-3-8-15-13/h3-6,8H,2,7,9,14H2,1H3. The number of non-ortho nitro benzene ring substituents is 1. The first kappa shape index (κ1) is 13.2. The van der Waals surface area contributed by atoms with Crippen molar-refractivity contribution in [3.05, 3.63) is 40.6 Å². The number of benzene rings is 1. The number of nitro benzene ring substituents is 1. The maximum Gasteiger partial charge on any atom is 0.295 e. The van der Waals surface area contributed by atoms with Gasteiger partial charge in [-0.2, -0.15) is 0 Å². The van der Waals surface area contributed by atoms with Gasteiger partial charge in [-0.3, -0.25) is 10.1 Å². The quantitative estimate of drug-likeness (QED) is 0.655. The second-order valence-corrected chi connectivity index (χ2v) is 4.13. The van der Waals surface area contributed by atoms with Crippen LogP contribution in [0, 0.1) is 10.1 Å². The molecule has 2 N–H and O–H groups in total. The third-order valence-electron chi connectivity index (χ3n) is 3.04. The number of pyridine rings is 1. The van der Waals surface area contributed by atoms with Crippen LogP contribution in [0.4, 0.5) is 11.4 Å². The summed E-state index contributed by atoms with van der Waals surface area (Å²) in [5.74, 6) is 0. The number of nitrogens with two attached hydrogens (primary N) is 1. The summed E-state index contributed by atoms with van der Waals surface area (Å²) in [4.78, 5) is 16.9. The summed E-state index contributed by atoms with van der Waals surface area (Å²) >= 11 is 0. The van der Waals surface area contributed by atoms with Crippen molar-refractivity contribution in [2.45, 2.75) is 6.92 Å². The average molecular weight is 260 g/mol. The number of hydrogen-bond acceptors (Lipinski definition) is 5. The Hall–Kier alpha value is -2.21. The number of likely N-dealkylation sites (N-methyl/N-ethyl adjacent to an activating group) is 1. The number of anilines is 1. The molecule has 0 atom stereocenters. The summed E-state index contributed by atoms with van der Waals surface area (Å²) in [6.45, 7) is 4.06. The van der Waals surface area contributed by atoms with E-state index in [0.29, 0.717) is 18.6 Å². The molecule has 0 fully saturated rings. The summed E-state index contributed by atoms with van der Waals surface area (Å²) < 4.78 is 0. The van der Waals surface area contributed by atoms with Crippen LogP contribution in [-0.2, 0) is 0 Å². The molecule has 2 rings (SSSR count). The highest BCUT2D eigenvalue weighted by molar-refractivity contribution is 5.97. The minimum Gasteiger partial charge on any atom is -0.370 e. The minimum atomic E-state index is -0.404. The predicted molar refractivity (Wildman–Crippen MR) is 75.3 cm³/mol. The highest BCUT2D eigenvalue weighted by Gasteiger charge is 2.17. The maximum absolute atomic E-state index is 11.0. The van der Waals surface area contributed by atoms with Crippen LogP contribution in [0.15, 0.2) is 30.5 Å². The van der Waals surface area contributed by atoms with E-state index in [1.165, 1.54) is 6.07 Å². The Bertz CT molecular complexity index is 600. The van der Waals surface area contributed by atoms with Gasteiger partial charge in [0.25, 0.3) is 5.69 Å². The van der Waals surface area contributed by atoms with Crippen LogP contribution in [-0.4, -0.2) is 29.5 Å². The molecule has 0 saturated carbocycles. The van der Waals surface area contributed by atoms with Crippen molar-refractivity contribution >= 4 is 22.3 Å². The summed E-state index contributed by atoms with van der Waals surface area (Å²) in [5.41, 5.74) is 6.98. The molecule has 0 bridgehead atoms. The predicted octanol–water partition coefficient (Wildman–Crippen LogP) is 1.93. The third kappa shape index (κ3) is 2.48. The molecule has 1 aromatic heterocycles. The smallest absolute Gasteiger partial charge is 0.295 e. The van der Waals surface area contributed by atoms with Gasteiger partial charge < -0.3 is 10.6 Å². The number of hydrogen-bond donors (Lipinski definition) is 1. The fourth-order valence-electron chi connectivity index (χ4n) is 2.17. The van der Waals surface area contributed by atoms with Gasteiger partial charge in [0.05, 0.1) is 4.92 Å². The minimum absolute atomic E-state index is 0.0307. The molecule has 100 valence electrons. The molecule has 0 radical (unpaired) electrons. The number of rotatable bonds is 5. The summed E-state index contributed by atoms with van der Waals surface area (Å²) in [5, 5.41) is 11.8. The van der Waals surface area contributed by atoms with Gasteiger partial charge in [0.15, 0.2) is 0 Å². The van der Waals surface area contributed by atoms with Gasteiger partial charge in [0.1, 0.15) is 5.52 Å². The molecular formula is C13H16N4O2. The van der Waals surface area contributed by atoms with Crippen LogP contribution in [0.2, 0.25) is 0 Å². The van der Waals surface area contributed by atoms with Crippen LogP contribution in [0.3, 0.4) is 0 Å². The lowest BCUT2D eigenvalue weighted by Crippen LogP contribution is -2.29. The zero-order valence-corrected chi connectivity index (χ0v) is 10.7. The van der Waals surface area contributed by atoms with Gasteiger partial charge in [0.2, 0.25) is 0 Å². The van der Waals surface area contributed by atoms with E-state index in [1.807, 2.05) is 13.0 Å². The van der Waals surface area contributed by atoms with Crippen molar-refractivity contribution in [3.8, 4) is 0 Å². The van der Waals surface area contributed by atoms with Crippen LogP contribution in [0.1, 0.15) is 6.92 Å². The topological polar surface area (TPSA) is 85.3 Å². The first-order valence-electron chi connectivity index (χ1n) is 6.16. The average Bonchev–Trinajstić information content (AvgIpc) is 2.43. The third-order valence-corrected chi connectivity index (χ3v) is 3.04. The monoisotopic (exact) mass is 260 g/mol. The zero-order valence-electron chi connectivity index (χ0n) is 10.7. The second kappa shape index (κ2) is 5.62. The Morgan fingerprint density at radius 2 is 2.21 bits per heavy atom. The van der Waals surface area contributed by atoms with E-state index >= 15 is 0 Å². The van der Waals surface area contributed by atoms with Gasteiger partial charge in [0, 0.05) is 43.0 Å². The van der Waals surface area contributed by atoms with E-state index in [-0.39, 0.29) is 5.69 Å². The Kier molecular flexibility index (Phi) is 3.91. The number of aromatic nitrogens is 1. The SMILES string of the molecule is CCN(CCN)c1ccc([N+](=O)[O-])c2ncccc12. The molecule has 2 aromatic rings. The normalized spacial score (nSPS) is 10.6. The van der Waals surface area contributed by atoms with Gasteiger partial charge >= 0.3 is 0 Å². The summed E-state index contributed by atoms with van der Waals surface area (Å²) in [6, 6.07) is 6.90. The Labute approximate surface area is 111 Å². The van der Waals surface area contributed by atoms with Crippen molar-refractivity contribution in [3.63, 3.8) is 0 Å². The Morgan fingerprint density at radius 3 is 2.84 bits per heavy atom. The van der Waals surface area contributed by atoms with E-state index in [4.69, 9.17) is 5.73 Å². The molecular weight excluding hydrogens is 244 g/mol. The number of fused-ring (bicyclic) bond motifs is 1. The van der Waals surface area contributed by atoms with Gasteiger partial charge in [-0.15, -0.1) is 0 Å². The molecule has 6 heteroatoms. The Morgan fingerprint density at radius 1 is 1.42 bits per heavy atom. The molecule has 0 unspecified atom stereocenters. The van der Waals surface area contributed by atoms with E-state index in [2.05, 4.69) is 9.88 Å².